The second-order valence-corrected chi connectivity index (χ2v) is 5.16. The van der Waals surface area contributed by atoms with Gasteiger partial charge in [-0.1, -0.05) is 36.8 Å². The first-order valence-electron chi connectivity index (χ1n) is 7.04. The molecule has 2 atom stereocenters. The molecule has 3 heteroatoms. The predicted molar refractivity (Wildman–Crippen MR) is 80.0 cm³/mol. The maximum Gasteiger partial charge on any atom is 0.141 e. The third-order valence-electron chi connectivity index (χ3n) is 3.54. The van der Waals surface area contributed by atoms with Crippen molar-refractivity contribution < 1.29 is 4.39 Å². The normalized spacial score (nSPS) is 14.0. The Morgan fingerprint density at radius 2 is 1.85 bits per heavy atom. The van der Waals surface area contributed by atoms with Gasteiger partial charge >= 0.3 is 0 Å². The lowest BCUT2D eigenvalue weighted by Crippen LogP contribution is -2.25. The van der Waals surface area contributed by atoms with Gasteiger partial charge in [0.25, 0.3) is 0 Å². The summed E-state index contributed by atoms with van der Waals surface area (Å²) in [4.78, 5) is 4.17. The molecule has 2 rings (SSSR count). The number of halogens is 1. The van der Waals surface area contributed by atoms with Gasteiger partial charge in [-0.25, -0.2) is 4.39 Å². The molecule has 0 aliphatic heterocycles. The van der Waals surface area contributed by atoms with E-state index in [-0.39, 0.29) is 17.9 Å². The summed E-state index contributed by atoms with van der Waals surface area (Å²) in [6.45, 7) is 6.32. The van der Waals surface area contributed by atoms with E-state index in [2.05, 4.69) is 55.3 Å². The van der Waals surface area contributed by atoms with Crippen LogP contribution in [0.4, 0.5) is 4.39 Å². The summed E-state index contributed by atoms with van der Waals surface area (Å²) in [5.74, 6) is -0.296. The fourth-order valence-electron chi connectivity index (χ4n) is 2.26. The molecule has 106 valence electrons. The number of aryl methyl sites for hydroxylation is 1. The molecule has 1 unspecified atom stereocenters. The average molecular weight is 272 g/mol. The second kappa shape index (κ2) is 6.62. The van der Waals surface area contributed by atoms with Crippen molar-refractivity contribution in [3.05, 3.63) is 65.2 Å². The Balaban J connectivity index is 2.09. The zero-order valence-corrected chi connectivity index (χ0v) is 12.2. The van der Waals surface area contributed by atoms with E-state index >= 15 is 0 Å². The highest BCUT2D eigenvalue weighted by Crippen LogP contribution is 2.21. The summed E-state index contributed by atoms with van der Waals surface area (Å²) in [6, 6.07) is 12.1. The number of nitrogens with zero attached hydrogens (tertiary/aromatic N) is 1. The molecule has 0 saturated carbocycles. The smallest absolute Gasteiger partial charge is 0.141 e. The zero-order valence-electron chi connectivity index (χ0n) is 12.2. The van der Waals surface area contributed by atoms with Gasteiger partial charge in [-0.3, -0.25) is 4.98 Å². The largest absolute Gasteiger partial charge is 0.302 e. The van der Waals surface area contributed by atoms with Crippen molar-refractivity contribution in [2.24, 2.45) is 0 Å². The predicted octanol–water partition coefficient (Wildman–Crippen LogP) is 4.33. The van der Waals surface area contributed by atoms with Crippen LogP contribution in [0.5, 0.6) is 0 Å². The average Bonchev–Trinajstić information content (AvgIpc) is 2.46. The molecule has 0 aliphatic rings. The summed E-state index contributed by atoms with van der Waals surface area (Å²) >= 11 is 0. The van der Waals surface area contributed by atoms with Crippen LogP contribution >= 0.6 is 0 Å². The van der Waals surface area contributed by atoms with Crippen molar-refractivity contribution in [1.29, 1.82) is 0 Å². The van der Waals surface area contributed by atoms with Gasteiger partial charge < -0.3 is 5.32 Å². The third kappa shape index (κ3) is 3.64. The summed E-state index contributed by atoms with van der Waals surface area (Å²) in [5.41, 5.74) is 3.39. The first-order valence-corrected chi connectivity index (χ1v) is 7.04. The minimum atomic E-state index is -0.296. The monoisotopic (exact) mass is 272 g/mol. The number of nitrogens with one attached hydrogen (secondary N) is 1. The maximum atomic E-state index is 12.9. The van der Waals surface area contributed by atoms with Gasteiger partial charge in [0.15, 0.2) is 0 Å². The number of benzene rings is 1. The highest BCUT2D eigenvalue weighted by molar-refractivity contribution is 5.24. The first kappa shape index (κ1) is 14.7. The van der Waals surface area contributed by atoms with Gasteiger partial charge in [-0.2, -0.15) is 0 Å². The minimum Gasteiger partial charge on any atom is -0.302 e. The van der Waals surface area contributed by atoms with Crippen molar-refractivity contribution in [3.63, 3.8) is 0 Å². The standard InChI is InChI=1S/C17H21FN2/c1-4-16(17-10-9-15(18)11-19-17)20-13(3)14-7-5-12(2)6-8-14/h5-11,13,16,20H,4H2,1-3H3/t13-,16?/m1/s1. The van der Waals surface area contributed by atoms with Gasteiger partial charge in [0, 0.05) is 12.1 Å². The number of rotatable bonds is 5. The van der Waals surface area contributed by atoms with Gasteiger partial charge in [0.05, 0.1) is 11.9 Å². The Hall–Kier alpha value is -1.74. The van der Waals surface area contributed by atoms with Crippen LogP contribution in [0.15, 0.2) is 42.6 Å². The molecule has 1 heterocycles. The van der Waals surface area contributed by atoms with Crippen molar-refractivity contribution in [2.45, 2.75) is 39.3 Å². The topological polar surface area (TPSA) is 24.9 Å². The van der Waals surface area contributed by atoms with Gasteiger partial charge in [0.1, 0.15) is 5.82 Å². The van der Waals surface area contributed by atoms with Crippen LogP contribution in [0.1, 0.15) is 49.2 Å². The number of pyridine rings is 1. The Morgan fingerprint density at radius 1 is 1.15 bits per heavy atom. The zero-order chi connectivity index (χ0) is 14.5. The molecule has 0 spiro atoms. The summed E-state index contributed by atoms with van der Waals surface area (Å²) < 4.78 is 12.9. The highest BCUT2D eigenvalue weighted by atomic mass is 19.1. The molecule has 1 aromatic carbocycles. The number of aromatic nitrogens is 1. The van der Waals surface area contributed by atoms with Crippen molar-refractivity contribution in [1.82, 2.24) is 10.3 Å². The fraction of sp³-hybridized carbons (Fsp3) is 0.353. The summed E-state index contributed by atoms with van der Waals surface area (Å²) in [6.07, 6.45) is 2.19. The Morgan fingerprint density at radius 3 is 2.40 bits per heavy atom. The molecule has 0 radical (unpaired) electrons. The van der Waals surface area contributed by atoms with Gasteiger partial charge in [0.2, 0.25) is 0 Å². The Bertz CT molecular complexity index is 534. The van der Waals surface area contributed by atoms with E-state index in [0.717, 1.165) is 12.1 Å². The molecule has 0 amide bonds. The minimum absolute atomic E-state index is 0.131. The molecular weight excluding hydrogens is 251 g/mol. The van der Waals surface area contributed by atoms with E-state index in [1.165, 1.54) is 23.4 Å². The van der Waals surface area contributed by atoms with E-state index in [1.807, 2.05) is 0 Å². The van der Waals surface area contributed by atoms with E-state index in [9.17, 15) is 4.39 Å². The van der Waals surface area contributed by atoms with Gasteiger partial charge in [-0.05, 0) is 38.0 Å². The Kier molecular flexibility index (Phi) is 4.85. The van der Waals surface area contributed by atoms with E-state index in [1.54, 1.807) is 6.07 Å². The summed E-state index contributed by atoms with van der Waals surface area (Å²) in [7, 11) is 0. The molecule has 20 heavy (non-hydrogen) atoms. The van der Waals surface area contributed by atoms with Crippen LogP contribution in [-0.2, 0) is 0 Å². The fourth-order valence-corrected chi connectivity index (χ4v) is 2.26. The van der Waals surface area contributed by atoms with E-state index in [4.69, 9.17) is 0 Å². The molecule has 0 fully saturated rings. The van der Waals surface area contributed by atoms with Crippen LogP contribution < -0.4 is 5.32 Å². The van der Waals surface area contributed by atoms with Crippen molar-refractivity contribution in [2.75, 3.05) is 0 Å². The lowest BCUT2D eigenvalue weighted by Gasteiger charge is -2.22. The SMILES string of the molecule is CCC(N[C@H](C)c1ccc(C)cc1)c1ccc(F)cn1. The molecular formula is C17H21FN2. The second-order valence-electron chi connectivity index (χ2n) is 5.16. The van der Waals surface area contributed by atoms with Crippen LogP contribution in [0.3, 0.4) is 0 Å². The molecule has 2 aromatic rings. The molecule has 1 aromatic heterocycles. The molecule has 1 N–H and O–H groups in total. The van der Waals surface area contributed by atoms with Gasteiger partial charge in [-0.15, -0.1) is 0 Å². The lowest BCUT2D eigenvalue weighted by molar-refractivity contribution is 0.447. The van der Waals surface area contributed by atoms with Crippen LogP contribution in [-0.4, -0.2) is 4.98 Å². The van der Waals surface area contributed by atoms with Crippen molar-refractivity contribution >= 4 is 0 Å². The van der Waals surface area contributed by atoms with Crippen LogP contribution in [0.25, 0.3) is 0 Å². The lowest BCUT2D eigenvalue weighted by atomic mass is 10.0. The van der Waals surface area contributed by atoms with Crippen LogP contribution in [0.2, 0.25) is 0 Å². The molecule has 0 bridgehead atoms. The quantitative estimate of drug-likeness (QED) is 0.876. The first-order chi connectivity index (χ1) is 9.60. The molecule has 2 nitrogen and oxygen atoms in total. The highest BCUT2D eigenvalue weighted by Gasteiger charge is 2.14. The molecule has 0 saturated heterocycles. The van der Waals surface area contributed by atoms with Crippen molar-refractivity contribution in [3.8, 4) is 0 Å². The van der Waals surface area contributed by atoms with E-state index in [0.29, 0.717) is 0 Å². The third-order valence-corrected chi connectivity index (χ3v) is 3.54. The summed E-state index contributed by atoms with van der Waals surface area (Å²) in [5, 5.41) is 3.55. The molecule has 0 aliphatic carbocycles. The number of hydrogen-bond donors (Lipinski definition) is 1. The Labute approximate surface area is 120 Å². The maximum absolute atomic E-state index is 12.9. The number of hydrogen-bond acceptors (Lipinski definition) is 2. The van der Waals surface area contributed by atoms with E-state index < -0.39 is 0 Å². The van der Waals surface area contributed by atoms with Crippen LogP contribution in [0, 0.1) is 12.7 Å².